The molecule has 1 heterocycles. The number of methoxy groups -OCH3 is 1. The molecule has 148 valence electrons. The number of imide groups is 2. The number of rotatable bonds is 5. The highest BCUT2D eigenvalue weighted by molar-refractivity contribution is 6.32. The number of carbonyl (C=O) groups excluding carboxylic acids is 4. The molecule has 0 bridgehead atoms. The van der Waals surface area contributed by atoms with E-state index in [1.54, 1.807) is 12.1 Å². The Labute approximate surface area is 170 Å². The Kier molecular flexibility index (Phi) is 5.89. The zero-order valence-electron chi connectivity index (χ0n) is 15.1. The maximum Gasteiger partial charge on any atom is 0.335 e. The normalized spacial score (nSPS) is 16.7. The van der Waals surface area contributed by atoms with Crippen molar-refractivity contribution in [3.8, 4) is 5.75 Å². The van der Waals surface area contributed by atoms with E-state index in [4.69, 9.17) is 16.3 Å². The average molecular weight is 415 g/mol. The molecule has 2 aromatic carbocycles. The number of hydrazone groups is 1. The van der Waals surface area contributed by atoms with Crippen molar-refractivity contribution in [1.82, 2.24) is 10.7 Å². The molecule has 0 aliphatic carbocycles. The number of benzene rings is 2. The van der Waals surface area contributed by atoms with Gasteiger partial charge in [-0.3, -0.25) is 19.7 Å². The Morgan fingerprint density at radius 1 is 1.21 bits per heavy atom. The fourth-order valence-corrected chi connectivity index (χ4v) is 2.68. The number of hydrogen-bond donors (Lipinski definition) is 2. The second-order valence-corrected chi connectivity index (χ2v) is 6.31. The van der Waals surface area contributed by atoms with Crippen LogP contribution in [0.2, 0.25) is 5.02 Å². The Hall–Kier alpha value is -3.72. The first-order valence-electron chi connectivity index (χ1n) is 8.32. The molecule has 0 spiro atoms. The van der Waals surface area contributed by atoms with Crippen LogP contribution in [0.15, 0.2) is 53.6 Å². The molecule has 1 atom stereocenters. The Balaban J connectivity index is 1.75. The fourth-order valence-electron chi connectivity index (χ4n) is 2.55. The average Bonchev–Trinajstić information content (AvgIpc) is 2.70. The molecule has 9 nitrogen and oxygen atoms in total. The van der Waals surface area contributed by atoms with Crippen molar-refractivity contribution in [3.05, 3.63) is 59.1 Å². The van der Waals surface area contributed by atoms with Crippen LogP contribution in [-0.2, 0) is 9.59 Å². The second kappa shape index (κ2) is 8.53. The van der Waals surface area contributed by atoms with E-state index in [1.807, 2.05) is 0 Å². The van der Waals surface area contributed by atoms with E-state index in [0.29, 0.717) is 16.3 Å². The lowest BCUT2D eigenvalue weighted by Crippen LogP contribution is -2.58. The fraction of sp³-hybridized carbons (Fsp3) is 0.105. The maximum absolute atomic E-state index is 12.7. The van der Waals surface area contributed by atoms with Crippen LogP contribution in [0.5, 0.6) is 5.75 Å². The zero-order chi connectivity index (χ0) is 21.0. The molecule has 0 unspecified atom stereocenters. The van der Waals surface area contributed by atoms with Gasteiger partial charge in [-0.15, -0.1) is 0 Å². The molecule has 10 heteroatoms. The first-order valence-corrected chi connectivity index (χ1v) is 8.70. The predicted molar refractivity (Wildman–Crippen MR) is 105 cm³/mol. The summed E-state index contributed by atoms with van der Waals surface area (Å²) >= 11 is 5.77. The Morgan fingerprint density at radius 2 is 1.93 bits per heavy atom. The third-order valence-corrected chi connectivity index (χ3v) is 4.26. The summed E-state index contributed by atoms with van der Waals surface area (Å²) in [5, 5.41) is 6.24. The molecule has 2 aromatic rings. The van der Waals surface area contributed by atoms with Crippen molar-refractivity contribution >= 4 is 47.3 Å². The zero-order valence-corrected chi connectivity index (χ0v) is 15.8. The highest BCUT2D eigenvalue weighted by Gasteiger charge is 2.40. The summed E-state index contributed by atoms with van der Waals surface area (Å²) in [6, 6.07) is 11.4. The number of barbiturate groups is 1. The molecule has 1 fully saturated rings. The number of nitrogens with one attached hydrogen (secondary N) is 2. The summed E-state index contributed by atoms with van der Waals surface area (Å²) < 4.78 is 5.09. The van der Waals surface area contributed by atoms with Crippen LogP contribution in [-0.4, -0.2) is 37.1 Å². The molecule has 1 aliphatic heterocycles. The van der Waals surface area contributed by atoms with E-state index in [2.05, 4.69) is 15.8 Å². The molecule has 29 heavy (non-hydrogen) atoms. The summed E-state index contributed by atoms with van der Waals surface area (Å²) in [5.41, 5.74) is 2.74. The summed E-state index contributed by atoms with van der Waals surface area (Å²) in [6.07, 6.45) is 0.963. The molecule has 5 amide bonds. The van der Waals surface area contributed by atoms with Gasteiger partial charge >= 0.3 is 6.03 Å². The summed E-state index contributed by atoms with van der Waals surface area (Å²) in [4.78, 5) is 49.8. The minimum atomic E-state index is -1.40. The number of anilines is 1. The van der Waals surface area contributed by atoms with Gasteiger partial charge in [-0.05, 0) is 36.4 Å². The van der Waals surface area contributed by atoms with Gasteiger partial charge in [0.05, 0.1) is 12.8 Å². The van der Waals surface area contributed by atoms with Gasteiger partial charge in [0.2, 0.25) is 5.91 Å². The van der Waals surface area contributed by atoms with Gasteiger partial charge in [0.25, 0.3) is 11.8 Å². The quantitative estimate of drug-likeness (QED) is 0.440. The van der Waals surface area contributed by atoms with E-state index >= 15 is 0 Å². The van der Waals surface area contributed by atoms with Crippen LogP contribution in [0.4, 0.5) is 10.5 Å². The van der Waals surface area contributed by atoms with Crippen molar-refractivity contribution in [3.63, 3.8) is 0 Å². The molecule has 2 N–H and O–H groups in total. The number of hydrogen-bond acceptors (Lipinski definition) is 6. The lowest BCUT2D eigenvalue weighted by atomic mass is 10.1. The number of halogens is 1. The van der Waals surface area contributed by atoms with Gasteiger partial charge in [0.15, 0.2) is 5.92 Å². The predicted octanol–water partition coefficient (Wildman–Crippen LogP) is 1.96. The van der Waals surface area contributed by atoms with Gasteiger partial charge < -0.3 is 4.74 Å². The molecular formula is C19H15ClN4O5. The van der Waals surface area contributed by atoms with Crippen LogP contribution >= 0.6 is 11.6 Å². The Bertz CT molecular complexity index is 1010. The third-order valence-electron chi connectivity index (χ3n) is 4.01. The molecule has 0 radical (unpaired) electrons. The monoisotopic (exact) mass is 414 g/mol. The van der Waals surface area contributed by atoms with Gasteiger partial charge in [-0.2, -0.15) is 5.10 Å². The minimum Gasteiger partial charge on any atom is -0.497 e. The van der Waals surface area contributed by atoms with E-state index in [9.17, 15) is 19.2 Å². The van der Waals surface area contributed by atoms with Crippen molar-refractivity contribution in [2.45, 2.75) is 0 Å². The summed E-state index contributed by atoms with van der Waals surface area (Å²) in [6.45, 7) is 0. The lowest BCUT2D eigenvalue weighted by molar-refractivity contribution is -0.131. The van der Waals surface area contributed by atoms with E-state index in [-0.39, 0.29) is 5.69 Å². The van der Waals surface area contributed by atoms with Crippen LogP contribution < -0.4 is 20.4 Å². The summed E-state index contributed by atoms with van der Waals surface area (Å²) in [7, 11) is 1.44. The SMILES string of the molecule is COc1cccc(N2C(=O)NC(=O)[C@H](/C=N\NC(=O)c3ccc(Cl)cc3)C2=O)c1. The molecular weight excluding hydrogens is 400 g/mol. The number of nitrogens with zero attached hydrogens (tertiary/aromatic N) is 2. The first kappa shape index (κ1) is 20.0. The standard InChI is InChI=1S/C19H15ClN4O5/c1-29-14-4-2-3-13(9-14)24-18(27)15(17(26)22-19(24)28)10-21-23-16(25)11-5-7-12(20)8-6-11/h2-10,15H,1H3,(H,23,25)(H,22,26,28)/b21-10-/t15-/m0/s1. The molecule has 3 rings (SSSR count). The topological polar surface area (TPSA) is 117 Å². The van der Waals surface area contributed by atoms with Gasteiger partial charge in [-0.1, -0.05) is 17.7 Å². The largest absolute Gasteiger partial charge is 0.497 e. The van der Waals surface area contributed by atoms with Crippen LogP contribution in [0.1, 0.15) is 10.4 Å². The molecule has 1 aliphatic rings. The van der Waals surface area contributed by atoms with Crippen LogP contribution in [0.25, 0.3) is 0 Å². The number of urea groups is 1. The first-order chi connectivity index (χ1) is 13.9. The van der Waals surface area contributed by atoms with Crippen molar-refractivity contribution in [2.24, 2.45) is 11.0 Å². The smallest absolute Gasteiger partial charge is 0.335 e. The number of ether oxygens (including phenoxy) is 1. The third kappa shape index (κ3) is 4.41. The second-order valence-electron chi connectivity index (χ2n) is 5.87. The minimum absolute atomic E-state index is 0.225. The van der Waals surface area contributed by atoms with Gasteiger partial charge in [0, 0.05) is 22.9 Å². The van der Waals surface area contributed by atoms with Crippen molar-refractivity contribution < 1.29 is 23.9 Å². The summed E-state index contributed by atoms with van der Waals surface area (Å²) in [5.74, 6) is -3.17. The highest BCUT2D eigenvalue weighted by atomic mass is 35.5. The lowest BCUT2D eigenvalue weighted by Gasteiger charge is -2.28. The van der Waals surface area contributed by atoms with Crippen LogP contribution in [0, 0.1) is 5.92 Å². The molecule has 1 saturated heterocycles. The number of amides is 5. The van der Waals surface area contributed by atoms with Crippen molar-refractivity contribution in [2.75, 3.05) is 12.0 Å². The maximum atomic E-state index is 12.7. The van der Waals surface area contributed by atoms with Crippen molar-refractivity contribution in [1.29, 1.82) is 0 Å². The van der Waals surface area contributed by atoms with E-state index in [1.165, 1.54) is 43.5 Å². The van der Waals surface area contributed by atoms with Crippen LogP contribution in [0.3, 0.4) is 0 Å². The molecule has 0 aromatic heterocycles. The van der Waals surface area contributed by atoms with Gasteiger partial charge in [0.1, 0.15) is 5.75 Å². The van der Waals surface area contributed by atoms with Gasteiger partial charge in [-0.25, -0.2) is 15.1 Å². The van der Waals surface area contributed by atoms with E-state index < -0.39 is 29.7 Å². The number of carbonyl (C=O) groups is 4. The molecule has 0 saturated carbocycles. The highest BCUT2D eigenvalue weighted by Crippen LogP contribution is 2.24. The Morgan fingerprint density at radius 3 is 2.62 bits per heavy atom. The van der Waals surface area contributed by atoms with E-state index in [0.717, 1.165) is 11.1 Å².